The van der Waals surface area contributed by atoms with Crippen molar-refractivity contribution in [2.45, 2.75) is 13.0 Å². The highest BCUT2D eigenvalue weighted by Gasteiger charge is 2.31. The Kier molecular flexibility index (Phi) is 5.21. The zero-order valence-corrected chi connectivity index (χ0v) is 17.6. The molecule has 0 bridgehead atoms. The van der Waals surface area contributed by atoms with E-state index in [9.17, 15) is 4.79 Å². The van der Waals surface area contributed by atoms with Gasteiger partial charge in [0.25, 0.3) is 5.95 Å². The van der Waals surface area contributed by atoms with Crippen LogP contribution in [-0.4, -0.2) is 32.7 Å². The molecule has 5 rings (SSSR count). The van der Waals surface area contributed by atoms with Gasteiger partial charge in [-0.3, -0.25) is 9.69 Å². The molecule has 0 radical (unpaired) electrons. The summed E-state index contributed by atoms with van der Waals surface area (Å²) in [5.41, 5.74) is 4.80. The summed E-state index contributed by atoms with van der Waals surface area (Å²) in [6, 6.07) is 27.6. The first-order valence-corrected chi connectivity index (χ1v) is 10.4. The molecule has 1 aliphatic heterocycles. The quantitative estimate of drug-likeness (QED) is 0.525. The summed E-state index contributed by atoms with van der Waals surface area (Å²) in [4.78, 5) is 14.9. The van der Waals surface area contributed by atoms with Crippen LogP contribution in [0, 0.1) is 6.92 Å². The molecule has 0 saturated carbocycles. The summed E-state index contributed by atoms with van der Waals surface area (Å²) < 4.78 is 1.75. The first-order valence-electron chi connectivity index (χ1n) is 10.4. The molecule has 0 saturated heterocycles. The summed E-state index contributed by atoms with van der Waals surface area (Å²) in [7, 11) is 0. The number of carbonyl (C=O) groups is 1. The lowest BCUT2D eigenvalue weighted by molar-refractivity contribution is -0.114. The molecular formula is C25H22N6O. The molecule has 1 N–H and O–H groups in total. The van der Waals surface area contributed by atoms with E-state index in [1.807, 2.05) is 84.6 Å². The van der Waals surface area contributed by atoms with Gasteiger partial charge < -0.3 is 5.32 Å². The molecule has 32 heavy (non-hydrogen) atoms. The van der Waals surface area contributed by atoms with Crippen molar-refractivity contribution in [2.24, 2.45) is 0 Å². The number of rotatable bonds is 5. The number of hydrogen-bond acceptors (Lipinski definition) is 5. The maximum absolute atomic E-state index is 13.0. The highest BCUT2D eigenvalue weighted by atomic mass is 16.2. The standard InChI is InChI=1S/C25H22N6O/c1-18-9-8-14-21(15-18)26-24(32)17-30-22(19-10-4-2-5-11-19)16-23(20-12-6-3-7-13-20)31-25(30)27-28-29-31/h2-16,23H,17H2,1H3,(H,26,32)/t23-/m0/s1. The minimum atomic E-state index is -0.174. The number of aromatic nitrogens is 4. The van der Waals surface area contributed by atoms with Crippen molar-refractivity contribution < 1.29 is 4.79 Å². The molecule has 1 aliphatic rings. The van der Waals surface area contributed by atoms with Gasteiger partial charge in [0.2, 0.25) is 5.91 Å². The molecule has 4 aromatic rings. The van der Waals surface area contributed by atoms with Gasteiger partial charge in [0.15, 0.2) is 0 Å². The largest absolute Gasteiger partial charge is 0.325 e. The second kappa shape index (κ2) is 8.47. The van der Waals surface area contributed by atoms with Crippen molar-refractivity contribution in [1.82, 2.24) is 20.2 Å². The number of nitrogens with zero attached hydrogens (tertiary/aromatic N) is 5. The van der Waals surface area contributed by atoms with Crippen LogP contribution >= 0.6 is 0 Å². The molecule has 2 heterocycles. The lowest BCUT2D eigenvalue weighted by Crippen LogP contribution is -2.37. The van der Waals surface area contributed by atoms with Crippen LogP contribution in [0.1, 0.15) is 22.7 Å². The smallest absolute Gasteiger partial charge is 0.251 e. The van der Waals surface area contributed by atoms with Crippen molar-refractivity contribution >= 4 is 23.2 Å². The number of carbonyl (C=O) groups excluding carboxylic acids is 1. The van der Waals surface area contributed by atoms with Crippen LogP contribution in [0.5, 0.6) is 0 Å². The SMILES string of the molecule is Cc1cccc(NC(=O)CN2C(c3ccccc3)=C[C@@H](c3ccccc3)n3nnnc32)c1. The van der Waals surface area contributed by atoms with E-state index in [0.717, 1.165) is 28.1 Å². The maximum atomic E-state index is 13.0. The van der Waals surface area contributed by atoms with Gasteiger partial charge in [-0.15, -0.1) is 0 Å². The van der Waals surface area contributed by atoms with Gasteiger partial charge in [-0.2, -0.15) is 4.68 Å². The van der Waals surface area contributed by atoms with E-state index in [1.165, 1.54) is 0 Å². The predicted octanol–water partition coefficient (Wildman–Crippen LogP) is 4.07. The Labute approximate surface area is 186 Å². The predicted molar refractivity (Wildman–Crippen MR) is 124 cm³/mol. The van der Waals surface area contributed by atoms with Crippen LogP contribution in [0.25, 0.3) is 5.70 Å². The first kappa shape index (κ1) is 19.7. The number of allylic oxidation sites excluding steroid dienone is 1. The lowest BCUT2D eigenvalue weighted by atomic mass is 10.0. The number of aryl methyl sites for hydroxylation is 1. The molecule has 0 fully saturated rings. The number of benzene rings is 3. The number of amides is 1. The van der Waals surface area contributed by atoms with E-state index in [1.54, 1.807) is 4.68 Å². The van der Waals surface area contributed by atoms with Gasteiger partial charge in [0, 0.05) is 5.69 Å². The lowest BCUT2D eigenvalue weighted by Gasteiger charge is -2.32. The topological polar surface area (TPSA) is 75.9 Å². The molecule has 3 aromatic carbocycles. The number of fused-ring (bicyclic) bond motifs is 1. The van der Waals surface area contributed by atoms with Crippen molar-refractivity contribution in [3.8, 4) is 0 Å². The van der Waals surface area contributed by atoms with Crippen LogP contribution < -0.4 is 10.2 Å². The van der Waals surface area contributed by atoms with Gasteiger partial charge in [-0.05, 0) is 52.2 Å². The Bertz CT molecular complexity index is 1270. The normalized spacial score (nSPS) is 15.1. The second-order valence-corrected chi connectivity index (χ2v) is 7.70. The Morgan fingerprint density at radius 1 is 0.969 bits per heavy atom. The van der Waals surface area contributed by atoms with Gasteiger partial charge in [0.05, 0.1) is 5.70 Å². The third kappa shape index (κ3) is 3.88. The monoisotopic (exact) mass is 422 g/mol. The van der Waals surface area contributed by atoms with E-state index < -0.39 is 0 Å². The molecule has 1 atom stereocenters. The van der Waals surface area contributed by atoms with Crippen LogP contribution in [0.15, 0.2) is 91.0 Å². The zero-order valence-electron chi connectivity index (χ0n) is 17.6. The van der Waals surface area contributed by atoms with E-state index in [-0.39, 0.29) is 18.5 Å². The molecule has 7 heteroatoms. The van der Waals surface area contributed by atoms with Gasteiger partial charge >= 0.3 is 0 Å². The summed E-state index contributed by atoms with van der Waals surface area (Å²) in [6.45, 7) is 2.07. The van der Waals surface area contributed by atoms with Crippen LogP contribution in [0.2, 0.25) is 0 Å². The molecule has 1 amide bonds. The third-order valence-corrected chi connectivity index (χ3v) is 5.40. The van der Waals surface area contributed by atoms with Crippen molar-refractivity contribution in [3.05, 3.63) is 108 Å². The second-order valence-electron chi connectivity index (χ2n) is 7.70. The average molecular weight is 422 g/mol. The van der Waals surface area contributed by atoms with E-state index in [2.05, 4.69) is 39.1 Å². The fraction of sp³-hybridized carbons (Fsp3) is 0.120. The first-order chi connectivity index (χ1) is 15.7. The van der Waals surface area contributed by atoms with Gasteiger partial charge in [-0.1, -0.05) is 77.9 Å². The van der Waals surface area contributed by atoms with Gasteiger partial charge in [0.1, 0.15) is 12.6 Å². The van der Waals surface area contributed by atoms with E-state index >= 15 is 0 Å². The van der Waals surface area contributed by atoms with Gasteiger partial charge in [-0.25, -0.2) is 0 Å². The minimum absolute atomic E-state index is 0.0799. The molecule has 0 spiro atoms. The number of nitrogens with one attached hydrogen (secondary N) is 1. The number of anilines is 2. The Balaban J connectivity index is 1.52. The highest BCUT2D eigenvalue weighted by Crippen LogP contribution is 2.35. The Morgan fingerprint density at radius 3 is 2.47 bits per heavy atom. The molecule has 1 aromatic heterocycles. The fourth-order valence-electron chi connectivity index (χ4n) is 3.94. The van der Waals surface area contributed by atoms with Crippen LogP contribution in [-0.2, 0) is 4.79 Å². The minimum Gasteiger partial charge on any atom is -0.325 e. The van der Waals surface area contributed by atoms with Crippen molar-refractivity contribution in [1.29, 1.82) is 0 Å². The van der Waals surface area contributed by atoms with Crippen molar-refractivity contribution in [3.63, 3.8) is 0 Å². The number of hydrogen-bond donors (Lipinski definition) is 1. The summed E-state index contributed by atoms with van der Waals surface area (Å²) in [5.74, 6) is 0.379. The fourth-order valence-corrected chi connectivity index (χ4v) is 3.94. The molecule has 158 valence electrons. The maximum Gasteiger partial charge on any atom is 0.251 e. The van der Waals surface area contributed by atoms with E-state index in [0.29, 0.717) is 5.95 Å². The number of tetrazole rings is 1. The molecular weight excluding hydrogens is 400 g/mol. The summed E-state index contributed by atoms with van der Waals surface area (Å²) in [6.07, 6.45) is 2.11. The molecule has 0 aliphatic carbocycles. The highest BCUT2D eigenvalue weighted by molar-refractivity contribution is 5.97. The van der Waals surface area contributed by atoms with Crippen LogP contribution in [0.4, 0.5) is 11.6 Å². The summed E-state index contributed by atoms with van der Waals surface area (Å²) >= 11 is 0. The summed E-state index contributed by atoms with van der Waals surface area (Å²) in [5, 5.41) is 15.4. The Hall–Kier alpha value is -4.26. The van der Waals surface area contributed by atoms with E-state index in [4.69, 9.17) is 0 Å². The molecule has 0 unspecified atom stereocenters. The van der Waals surface area contributed by atoms with Crippen molar-refractivity contribution in [2.75, 3.05) is 16.8 Å². The zero-order chi connectivity index (χ0) is 21.9. The Morgan fingerprint density at radius 2 is 1.72 bits per heavy atom. The molecule has 7 nitrogen and oxygen atoms in total. The average Bonchev–Trinajstić information content (AvgIpc) is 3.30. The van der Waals surface area contributed by atoms with Crippen LogP contribution in [0.3, 0.4) is 0 Å². The third-order valence-electron chi connectivity index (χ3n) is 5.40.